The summed E-state index contributed by atoms with van der Waals surface area (Å²) in [6.45, 7) is 2.01. The lowest BCUT2D eigenvalue weighted by Crippen LogP contribution is -2.30. The number of nitrogens with one attached hydrogen (secondary N) is 2. The second-order valence-electron chi connectivity index (χ2n) is 8.56. The second-order valence-corrected chi connectivity index (χ2v) is 10.8. The molecular weight excluding hydrogens is 496 g/mol. The van der Waals surface area contributed by atoms with E-state index in [1.54, 1.807) is 31.2 Å². The van der Waals surface area contributed by atoms with E-state index in [1.165, 1.54) is 42.4 Å². The zero-order valence-corrected chi connectivity index (χ0v) is 21.8. The third-order valence-corrected chi connectivity index (χ3v) is 7.66. The van der Waals surface area contributed by atoms with Crippen LogP contribution in [0.5, 0.6) is 5.75 Å². The summed E-state index contributed by atoms with van der Waals surface area (Å²) in [5.74, 6) is -0.129. The Morgan fingerprint density at radius 2 is 1.81 bits per heavy atom. The molecular formula is C26H30N4O4S2. The minimum absolute atomic E-state index is 0.0587. The van der Waals surface area contributed by atoms with Gasteiger partial charge in [-0.3, -0.25) is 9.59 Å². The van der Waals surface area contributed by atoms with Crippen LogP contribution in [0.1, 0.15) is 44.6 Å². The summed E-state index contributed by atoms with van der Waals surface area (Å²) in [4.78, 5) is 24.7. The number of esters is 1. The molecule has 0 spiro atoms. The van der Waals surface area contributed by atoms with Crippen LogP contribution < -0.4 is 15.4 Å². The van der Waals surface area contributed by atoms with Crippen molar-refractivity contribution in [1.29, 1.82) is 0 Å². The Balaban J connectivity index is 1.16. The molecule has 1 fully saturated rings. The fourth-order valence-corrected chi connectivity index (χ4v) is 5.38. The van der Waals surface area contributed by atoms with Gasteiger partial charge >= 0.3 is 5.97 Å². The van der Waals surface area contributed by atoms with E-state index < -0.39 is 18.0 Å². The van der Waals surface area contributed by atoms with Crippen LogP contribution in [0, 0.1) is 0 Å². The lowest BCUT2D eigenvalue weighted by Gasteiger charge is -2.21. The molecule has 0 radical (unpaired) electrons. The van der Waals surface area contributed by atoms with Crippen molar-refractivity contribution in [1.82, 2.24) is 10.2 Å². The second kappa shape index (κ2) is 13.3. The molecule has 4 rings (SSSR count). The molecule has 0 saturated heterocycles. The molecule has 0 unspecified atom stereocenters. The minimum atomic E-state index is -0.926. The minimum Gasteiger partial charge on any atom is -0.489 e. The molecule has 1 amide bonds. The molecule has 1 heterocycles. The first kappa shape index (κ1) is 26.0. The van der Waals surface area contributed by atoms with Crippen molar-refractivity contribution >= 4 is 45.8 Å². The van der Waals surface area contributed by atoms with Gasteiger partial charge in [0.05, 0.1) is 5.75 Å². The third-order valence-electron chi connectivity index (χ3n) is 5.70. The van der Waals surface area contributed by atoms with E-state index in [0.29, 0.717) is 28.4 Å². The quantitative estimate of drug-likeness (QED) is 0.249. The molecule has 1 aliphatic carbocycles. The fraction of sp³-hybridized carbons (Fsp3) is 0.385. The zero-order valence-electron chi connectivity index (χ0n) is 20.1. The topological polar surface area (TPSA) is 102 Å². The lowest BCUT2D eigenvalue weighted by molar-refractivity contribution is -0.150. The maximum Gasteiger partial charge on any atom is 0.317 e. The smallest absolute Gasteiger partial charge is 0.317 e. The number of hydrogen-bond acceptors (Lipinski definition) is 9. The number of rotatable bonds is 11. The number of hydrogen-bond donors (Lipinski definition) is 2. The highest BCUT2D eigenvalue weighted by Gasteiger charge is 2.19. The van der Waals surface area contributed by atoms with Crippen molar-refractivity contribution in [3.05, 3.63) is 60.2 Å². The summed E-state index contributed by atoms with van der Waals surface area (Å²) in [5.41, 5.74) is 1.67. The molecule has 2 N–H and O–H groups in total. The van der Waals surface area contributed by atoms with Crippen LogP contribution in [0.15, 0.2) is 58.9 Å². The highest BCUT2D eigenvalue weighted by Crippen LogP contribution is 2.28. The highest BCUT2D eigenvalue weighted by atomic mass is 32.2. The Morgan fingerprint density at radius 3 is 2.56 bits per heavy atom. The Labute approximate surface area is 219 Å². The normalized spacial score (nSPS) is 14.6. The summed E-state index contributed by atoms with van der Waals surface area (Å²) in [7, 11) is 0. The van der Waals surface area contributed by atoms with Crippen molar-refractivity contribution in [2.75, 3.05) is 16.4 Å². The van der Waals surface area contributed by atoms with Gasteiger partial charge in [0.1, 0.15) is 12.4 Å². The van der Waals surface area contributed by atoms with E-state index in [-0.39, 0.29) is 5.75 Å². The van der Waals surface area contributed by atoms with Gasteiger partial charge < -0.3 is 20.1 Å². The SMILES string of the molecule is C[C@@H](OC(=O)CSc1nnc(NC2CCCCC2)s1)C(=O)Nc1ccc(OCc2ccccc2)cc1. The number of anilines is 2. The summed E-state index contributed by atoms with van der Waals surface area (Å²) in [6, 6.07) is 17.4. The maximum atomic E-state index is 12.5. The number of amides is 1. The third kappa shape index (κ3) is 8.23. The Hall–Kier alpha value is -3.11. The molecule has 0 bridgehead atoms. The van der Waals surface area contributed by atoms with Crippen LogP contribution >= 0.6 is 23.1 Å². The largest absolute Gasteiger partial charge is 0.489 e. The van der Waals surface area contributed by atoms with Gasteiger partial charge in [0, 0.05) is 11.7 Å². The van der Waals surface area contributed by atoms with Gasteiger partial charge in [-0.15, -0.1) is 10.2 Å². The number of benzene rings is 2. The number of thioether (sulfide) groups is 1. The molecule has 2 aromatic carbocycles. The molecule has 0 aliphatic heterocycles. The zero-order chi connectivity index (χ0) is 25.2. The molecule has 8 nitrogen and oxygen atoms in total. The van der Waals surface area contributed by atoms with Crippen LogP contribution in [0.2, 0.25) is 0 Å². The Kier molecular flexibility index (Phi) is 9.57. The Bertz CT molecular complexity index is 1120. The Morgan fingerprint density at radius 1 is 1.06 bits per heavy atom. The van der Waals surface area contributed by atoms with E-state index in [0.717, 1.165) is 23.5 Å². The standard InChI is InChI=1S/C26H30N4O4S2/c1-18(24(32)27-21-12-14-22(15-13-21)33-16-19-8-4-2-5-9-19)34-23(31)17-35-26-30-29-25(36-26)28-20-10-6-3-7-11-20/h2,4-5,8-9,12-15,18,20H,3,6-7,10-11,16-17H2,1H3,(H,27,32)(H,28,29)/t18-/m1/s1. The van der Waals surface area contributed by atoms with E-state index in [9.17, 15) is 9.59 Å². The van der Waals surface area contributed by atoms with Gasteiger partial charge in [-0.2, -0.15) is 0 Å². The van der Waals surface area contributed by atoms with Crippen LogP contribution in [0.3, 0.4) is 0 Å². The van der Waals surface area contributed by atoms with Crippen molar-refractivity contribution < 1.29 is 19.1 Å². The number of carbonyl (C=O) groups excluding carboxylic acids is 2. The first-order chi connectivity index (χ1) is 17.5. The number of aromatic nitrogens is 2. The number of carbonyl (C=O) groups is 2. The van der Waals surface area contributed by atoms with Crippen molar-refractivity contribution in [2.24, 2.45) is 0 Å². The van der Waals surface area contributed by atoms with Crippen LogP contribution in [0.25, 0.3) is 0 Å². The van der Waals surface area contributed by atoms with Crippen molar-refractivity contribution in [3.63, 3.8) is 0 Å². The van der Waals surface area contributed by atoms with E-state index in [2.05, 4.69) is 20.8 Å². The van der Waals surface area contributed by atoms with Crippen molar-refractivity contribution in [2.45, 2.75) is 62.1 Å². The molecule has 1 saturated carbocycles. The summed E-state index contributed by atoms with van der Waals surface area (Å²) >= 11 is 2.69. The van der Waals surface area contributed by atoms with Gasteiger partial charge in [0.25, 0.3) is 5.91 Å². The molecule has 190 valence electrons. The summed E-state index contributed by atoms with van der Waals surface area (Å²) < 4.78 is 11.7. The van der Waals surface area contributed by atoms with Gasteiger partial charge in [-0.25, -0.2) is 0 Å². The van der Waals surface area contributed by atoms with E-state index >= 15 is 0 Å². The average molecular weight is 527 g/mol. The van der Waals surface area contributed by atoms with Crippen LogP contribution in [-0.2, 0) is 20.9 Å². The van der Waals surface area contributed by atoms with Crippen molar-refractivity contribution in [3.8, 4) is 5.75 Å². The predicted octanol–water partition coefficient (Wildman–Crippen LogP) is 5.52. The van der Waals surface area contributed by atoms with Crippen LogP contribution in [0.4, 0.5) is 10.8 Å². The summed E-state index contributed by atoms with van der Waals surface area (Å²) in [5, 5.41) is 15.3. The molecule has 1 atom stereocenters. The monoisotopic (exact) mass is 526 g/mol. The number of nitrogens with zero attached hydrogens (tertiary/aromatic N) is 2. The molecule has 3 aromatic rings. The molecule has 10 heteroatoms. The van der Waals surface area contributed by atoms with Gasteiger partial charge in [0.15, 0.2) is 10.4 Å². The first-order valence-electron chi connectivity index (χ1n) is 12.0. The maximum absolute atomic E-state index is 12.5. The molecule has 1 aromatic heterocycles. The first-order valence-corrected chi connectivity index (χ1v) is 13.9. The summed E-state index contributed by atoms with van der Waals surface area (Å²) in [6.07, 6.45) is 5.16. The molecule has 36 heavy (non-hydrogen) atoms. The molecule has 1 aliphatic rings. The van der Waals surface area contributed by atoms with Gasteiger partial charge in [0.2, 0.25) is 5.13 Å². The predicted molar refractivity (Wildman–Crippen MR) is 143 cm³/mol. The van der Waals surface area contributed by atoms with Gasteiger partial charge in [-0.05, 0) is 49.6 Å². The van der Waals surface area contributed by atoms with Gasteiger partial charge in [-0.1, -0.05) is 72.7 Å². The van der Waals surface area contributed by atoms with E-state index in [1.807, 2.05) is 30.3 Å². The lowest BCUT2D eigenvalue weighted by atomic mass is 9.96. The fourth-order valence-electron chi connectivity index (χ4n) is 3.77. The van der Waals surface area contributed by atoms with E-state index in [4.69, 9.17) is 9.47 Å². The number of ether oxygens (including phenoxy) is 2. The average Bonchev–Trinajstić information content (AvgIpc) is 3.35. The van der Waals surface area contributed by atoms with Crippen LogP contribution in [-0.4, -0.2) is 40.0 Å². The highest BCUT2D eigenvalue weighted by molar-refractivity contribution is 8.01.